The van der Waals surface area contributed by atoms with Crippen molar-refractivity contribution in [3.63, 3.8) is 0 Å². The third kappa shape index (κ3) is 3.16. The fourth-order valence-corrected chi connectivity index (χ4v) is 1.23. The fraction of sp³-hybridized carbons (Fsp3) is 0.667. The van der Waals surface area contributed by atoms with Crippen molar-refractivity contribution in [1.82, 2.24) is 14.7 Å². The molecule has 0 spiro atoms. The molecule has 1 heterocycles. The van der Waals surface area contributed by atoms with Crippen molar-refractivity contribution in [3.8, 4) is 0 Å². The van der Waals surface area contributed by atoms with Crippen molar-refractivity contribution in [2.45, 2.75) is 6.42 Å². The molecule has 4 nitrogen and oxygen atoms in total. The Hall–Kier alpha value is -0.870. The number of hydrogen-bond acceptors (Lipinski definition) is 3. The molecule has 0 unspecified atom stereocenters. The molecule has 0 amide bonds. The first-order chi connectivity index (χ1) is 6.24. The van der Waals surface area contributed by atoms with Gasteiger partial charge in [0.25, 0.3) is 0 Å². The topological polar surface area (TPSA) is 41.3 Å². The summed E-state index contributed by atoms with van der Waals surface area (Å²) in [5, 5.41) is 12.8. The lowest BCUT2D eigenvalue weighted by molar-refractivity contribution is 0.222. The van der Waals surface area contributed by atoms with Gasteiger partial charge in [0.15, 0.2) is 0 Å². The molecule has 13 heavy (non-hydrogen) atoms. The molecule has 0 atom stereocenters. The summed E-state index contributed by atoms with van der Waals surface area (Å²) in [7, 11) is 3.95. The molecule has 1 aromatic rings. The smallest absolute Gasteiger partial charge is 0.0558 e. The maximum Gasteiger partial charge on any atom is 0.0558 e. The van der Waals surface area contributed by atoms with Crippen LogP contribution in [0.3, 0.4) is 0 Å². The van der Waals surface area contributed by atoms with E-state index < -0.39 is 0 Å². The molecule has 0 aromatic carbocycles. The molecule has 0 aliphatic rings. The van der Waals surface area contributed by atoms with Gasteiger partial charge in [0, 0.05) is 38.4 Å². The first kappa shape index (κ1) is 10.2. The van der Waals surface area contributed by atoms with Crippen LogP contribution in [0, 0.1) is 0 Å². The minimum Gasteiger partial charge on any atom is -0.395 e. The molecule has 74 valence electrons. The van der Waals surface area contributed by atoms with Gasteiger partial charge >= 0.3 is 0 Å². The number of aliphatic hydroxyl groups excluding tert-OH is 1. The normalized spacial score (nSPS) is 11.1. The number of hydrogen-bond donors (Lipinski definition) is 1. The van der Waals surface area contributed by atoms with E-state index in [0.29, 0.717) is 0 Å². The predicted molar refractivity (Wildman–Crippen MR) is 51.5 cm³/mol. The van der Waals surface area contributed by atoms with Crippen LogP contribution >= 0.6 is 0 Å². The zero-order valence-corrected chi connectivity index (χ0v) is 8.27. The van der Waals surface area contributed by atoms with Gasteiger partial charge < -0.3 is 10.0 Å². The number of likely N-dealkylation sites (N-methyl/N-ethyl adjacent to an activating group) is 1. The monoisotopic (exact) mass is 183 g/mol. The van der Waals surface area contributed by atoms with Gasteiger partial charge in [-0.3, -0.25) is 4.68 Å². The third-order valence-electron chi connectivity index (χ3n) is 2.15. The first-order valence-corrected chi connectivity index (χ1v) is 4.50. The van der Waals surface area contributed by atoms with E-state index in [-0.39, 0.29) is 6.61 Å². The summed E-state index contributed by atoms with van der Waals surface area (Å²) in [6, 6.07) is 2.02. The molecule has 0 aliphatic carbocycles. The molecule has 0 radical (unpaired) electrons. The van der Waals surface area contributed by atoms with Crippen molar-refractivity contribution in [2.24, 2.45) is 7.05 Å². The Morgan fingerprint density at radius 3 is 2.85 bits per heavy atom. The lowest BCUT2D eigenvalue weighted by atomic mass is 10.3. The Morgan fingerprint density at radius 2 is 2.31 bits per heavy atom. The number of aromatic nitrogens is 2. The van der Waals surface area contributed by atoms with E-state index in [1.807, 2.05) is 24.8 Å². The van der Waals surface area contributed by atoms with Crippen LogP contribution < -0.4 is 0 Å². The average molecular weight is 183 g/mol. The van der Waals surface area contributed by atoms with Gasteiger partial charge in [-0.05, 0) is 13.1 Å². The number of rotatable bonds is 5. The van der Waals surface area contributed by atoms with Crippen molar-refractivity contribution >= 4 is 0 Å². The molecule has 0 saturated heterocycles. The van der Waals surface area contributed by atoms with Gasteiger partial charge in [0.2, 0.25) is 0 Å². The molecule has 1 N–H and O–H groups in total. The maximum atomic E-state index is 8.69. The van der Waals surface area contributed by atoms with Crippen LogP contribution in [0.5, 0.6) is 0 Å². The molecule has 0 aliphatic heterocycles. The highest BCUT2D eigenvalue weighted by Crippen LogP contribution is 1.98. The first-order valence-electron chi connectivity index (χ1n) is 4.50. The van der Waals surface area contributed by atoms with Crippen molar-refractivity contribution in [2.75, 3.05) is 26.7 Å². The SMILES string of the molecule is CN(CCO)CCc1ccnn1C. The van der Waals surface area contributed by atoms with Crippen molar-refractivity contribution in [3.05, 3.63) is 18.0 Å². The molecule has 1 rings (SSSR count). The molecule has 0 saturated carbocycles. The molecule has 4 heteroatoms. The van der Waals surface area contributed by atoms with E-state index in [1.165, 1.54) is 5.69 Å². The highest BCUT2D eigenvalue weighted by atomic mass is 16.3. The lowest BCUT2D eigenvalue weighted by Crippen LogP contribution is -2.25. The summed E-state index contributed by atoms with van der Waals surface area (Å²) in [5.41, 5.74) is 1.23. The molecule has 1 aromatic heterocycles. The van der Waals surface area contributed by atoms with Crippen LogP contribution in [-0.2, 0) is 13.5 Å². The average Bonchev–Trinajstić information content (AvgIpc) is 2.48. The highest BCUT2D eigenvalue weighted by Gasteiger charge is 2.01. The van der Waals surface area contributed by atoms with Gasteiger partial charge in [-0.1, -0.05) is 0 Å². The summed E-state index contributed by atoms with van der Waals surface area (Å²) in [4.78, 5) is 2.10. The summed E-state index contributed by atoms with van der Waals surface area (Å²) >= 11 is 0. The summed E-state index contributed by atoms with van der Waals surface area (Å²) in [5.74, 6) is 0. The van der Waals surface area contributed by atoms with Gasteiger partial charge in [0.1, 0.15) is 0 Å². The van der Waals surface area contributed by atoms with Crippen LogP contribution in [0.15, 0.2) is 12.3 Å². The largest absolute Gasteiger partial charge is 0.395 e. The predicted octanol–water partition coefficient (Wildman–Crippen LogP) is -0.113. The summed E-state index contributed by atoms with van der Waals surface area (Å²) < 4.78 is 1.88. The van der Waals surface area contributed by atoms with Crippen molar-refractivity contribution in [1.29, 1.82) is 0 Å². The second-order valence-corrected chi connectivity index (χ2v) is 3.22. The van der Waals surface area contributed by atoms with Crippen LogP contribution in [-0.4, -0.2) is 46.5 Å². The number of aliphatic hydroxyl groups is 1. The minimum absolute atomic E-state index is 0.224. The van der Waals surface area contributed by atoms with Gasteiger partial charge in [-0.25, -0.2) is 0 Å². The Bertz CT molecular complexity index is 247. The van der Waals surface area contributed by atoms with Gasteiger partial charge in [0.05, 0.1) is 6.61 Å². The Kier molecular flexibility index (Phi) is 3.92. The molecular weight excluding hydrogens is 166 g/mol. The molecule has 0 bridgehead atoms. The zero-order chi connectivity index (χ0) is 9.68. The van der Waals surface area contributed by atoms with E-state index >= 15 is 0 Å². The van der Waals surface area contributed by atoms with Crippen molar-refractivity contribution < 1.29 is 5.11 Å². The van der Waals surface area contributed by atoms with Gasteiger partial charge in [-0.2, -0.15) is 5.10 Å². The second-order valence-electron chi connectivity index (χ2n) is 3.22. The molecular formula is C9H17N3O. The zero-order valence-electron chi connectivity index (χ0n) is 8.27. The molecule has 0 fully saturated rings. The number of nitrogens with zero attached hydrogens (tertiary/aromatic N) is 3. The third-order valence-corrected chi connectivity index (χ3v) is 2.15. The highest BCUT2D eigenvalue weighted by molar-refractivity contribution is 5.00. The maximum absolute atomic E-state index is 8.69. The number of aryl methyl sites for hydroxylation is 1. The van der Waals surface area contributed by atoms with Gasteiger partial charge in [-0.15, -0.1) is 0 Å². The second kappa shape index (κ2) is 4.99. The van der Waals surface area contributed by atoms with E-state index in [9.17, 15) is 0 Å². The van der Waals surface area contributed by atoms with Crippen LogP contribution in [0.4, 0.5) is 0 Å². The van der Waals surface area contributed by atoms with E-state index in [1.54, 1.807) is 6.20 Å². The minimum atomic E-state index is 0.224. The summed E-state index contributed by atoms with van der Waals surface area (Å²) in [6.07, 6.45) is 2.79. The fourth-order valence-electron chi connectivity index (χ4n) is 1.23. The Morgan fingerprint density at radius 1 is 1.54 bits per heavy atom. The quantitative estimate of drug-likeness (QED) is 0.692. The van der Waals surface area contributed by atoms with E-state index in [4.69, 9.17) is 5.11 Å². The van der Waals surface area contributed by atoms with Crippen LogP contribution in [0.25, 0.3) is 0 Å². The Labute approximate surface area is 78.8 Å². The summed E-state index contributed by atoms with van der Waals surface area (Å²) in [6.45, 7) is 1.92. The standard InChI is InChI=1S/C9H17N3O/c1-11(7-8-13)6-4-9-3-5-10-12(9)2/h3,5,13H,4,6-8H2,1-2H3. The Balaban J connectivity index is 2.30. The van der Waals surface area contributed by atoms with Crippen LogP contribution in [0.1, 0.15) is 5.69 Å². The van der Waals surface area contributed by atoms with Crippen LogP contribution in [0.2, 0.25) is 0 Å². The van der Waals surface area contributed by atoms with E-state index in [2.05, 4.69) is 10.00 Å². The van der Waals surface area contributed by atoms with E-state index in [0.717, 1.165) is 19.5 Å². The lowest BCUT2D eigenvalue weighted by Gasteiger charge is -2.14.